The van der Waals surface area contributed by atoms with E-state index in [0.29, 0.717) is 44.9 Å². The molecule has 2 heterocycles. The molecule has 0 N–H and O–H groups in total. The molecule has 0 spiro atoms. The second-order valence-corrected chi connectivity index (χ2v) is 14.0. The van der Waals surface area contributed by atoms with Crippen molar-refractivity contribution in [2.45, 2.75) is 32.1 Å². The molecule has 0 amide bonds. The first-order chi connectivity index (χ1) is 20.3. The van der Waals surface area contributed by atoms with Crippen molar-refractivity contribution in [1.82, 2.24) is 0 Å². The van der Waals surface area contributed by atoms with E-state index >= 15 is 0 Å². The number of ether oxygens (including phenoxy) is 1. The number of hydrogen-bond donors (Lipinski definition) is 0. The maximum atomic E-state index is 11.8. The van der Waals surface area contributed by atoms with E-state index < -0.39 is 31.2 Å². The van der Waals surface area contributed by atoms with Gasteiger partial charge in [-0.15, -0.1) is 0 Å². The van der Waals surface area contributed by atoms with Gasteiger partial charge in [0, 0.05) is 29.5 Å². The summed E-state index contributed by atoms with van der Waals surface area (Å²) in [6.07, 6.45) is 3.47. The average Bonchev–Trinajstić information content (AvgIpc) is 3.44. The van der Waals surface area contributed by atoms with Gasteiger partial charge < -0.3 is 23.2 Å². The molecule has 1 atom stereocenters. The number of oxazole rings is 1. The van der Waals surface area contributed by atoms with Crippen molar-refractivity contribution in [3.63, 3.8) is 0 Å². The molecule has 0 fully saturated rings. The van der Waals surface area contributed by atoms with Crippen molar-refractivity contribution in [2.24, 2.45) is 0 Å². The molecule has 3 aromatic carbocycles. The van der Waals surface area contributed by atoms with Gasteiger partial charge in [0.1, 0.15) is 15.4 Å². The van der Waals surface area contributed by atoms with Crippen molar-refractivity contribution in [2.75, 3.05) is 17.2 Å². The molecule has 10 nitrogen and oxygen atoms in total. The number of fused-ring (bicyclic) bond motifs is 2. The Morgan fingerprint density at radius 2 is 1.77 bits per heavy atom. The molecule has 0 aliphatic carbocycles. The van der Waals surface area contributed by atoms with Crippen LogP contribution >= 0.6 is 11.6 Å². The van der Waals surface area contributed by atoms with Gasteiger partial charge in [-0.3, -0.25) is 0 Å². The standard InChI is InChI=1S/C30H29ClN2O8S2/c1-20(15-29-32(13-6-14-42(34,35)36)26-18-24(31)10-12-28(26)40-29)16-30-33(19-21(2)43(37,38)39)25-17-23(9-11-27(25)41-30)22-7-4-3-5-8-22/h3-5,7-12,15-18,21H,6,13-14,19H2,1-2H3,(H-,34,35,36,37,38,39)/p-1. The lowest BCUT2D eigenvalue weighted by Gasteiger charge is -2.19. The summed E-state index contributed by atoms with van der Waals surface area (Å²) < 4.78 is 82.9. The summed E-state index contributed by atoms with van der Waals surface area (Å²) in [6.45, 7) is 3.18. The minimum atomic E-state index is -4.58. The van der Waals surface area contributed by atoms with Gasteiger partial charge in [-0.2, -0.15) is 4.57 Å². The number of halogens is 1. The summed E-state index contributed by atoms with van der Waals surface area (Å²) in [5, 5.41) is -0.771. The van der Waals surface area contributed by atoms with E-state index in [1.807, 2.05) is 42.5 Å². The summed E-state index contributed by atoms with van der Waals surface area (Å²) in [5.41, 5.74) is 4.23. The van der Waals surface area contributed by atoms with E-state index in [9.17, 15) is 25.9 Å². The Morgan fingerprint density at radius 1 is 1.02 bits per heavy atom. The topological polar surface area (TPSA) is 144 Å². The fourth-order valence-electron chi connectivity index (χ4n) is 4.80. The normalized spacial score (nSPS) is 15.6. The van der Waals surface area contributed by atoms with Gasteiger partial charge in [0.25, 0.3) is 5.52 Å². The zero-order chi connectivity index (χ0) is 30.9. The van der Waals surface area contributed by atoms with Gasteiger partial charge in [-0.05, 0) is 61.2 Å². The van der Waals surface area contributed by atoms with Crippen LogP contribution in [0.1, 0.15) is 26.2 Å². The second kappa shape index (κ2) is 12.1. The molecule has 0 bridgehead atoms. The predicted molar refractivity (Wildman–Crippen MR) is 161 cm³/mol. The van der Waals surface area contributed by atoms with E-state index in [2.05, 4.69) is 0 Å². The van der Waals surface area contributed by atoms with Crippen molar-refractivity contribution in [1.29, 1.82) is 0 Å². The summed E-state index contributed by atoms with van der Waals surface area (Å²) in [7, 11) is -8.98. The van der Waals surface area contributed by atoms with Crippen LogP contribution in [0, 0.1) is 0 Å². The van der Waals surface area contributed by atoms with E-state index in [0.717, 1.165) is 11.1 Å². The Morgan fingerprint density at radius 3 is 2.47 bits per heavy atom. The zero-order valence-electron chi connectivity index (χ0n) is 23.3. The first kappa shape index (κ1) is 30.8. The highest BCUT2D eigenvalue weighted by molar-refractivity contribution is 7.86. The Balaban J connectivity index is 1.55. The molecule has 4 aromatic rings. The Hall–Kier alpha value is -3.68. The number of aromatic nitrogens is 1. The molecule has 0 saturated carbocycles. The quantitative estimate of drug-likeness (QED) is 0.171. The molecule has 43 heavy (non-hydrogen) atoms. The molecule has 1 unspecified atom stereocenters. The summed E-state index contributed by atoms with van der Waals surface area (Å²) in [4.78, 5) is 1.73. The Bertz CT molecular complexity index is 1950. The minimum absolute atomic E-state index is 0.0656. The number of nitrogens with zero attached hydrogens (tertiary/aromatic N) is 2. The van der Waals surface area contributed by atoms with Crippen LogP contribution in [0.3, 0.4) is 0 Å². The molecule has 1 aliphatic rings. The molecule has 13 heteroatoms. The molecular formula is C30H28ClN2O8S2-. The fourth-order valence-corrected chi connectivity index (χ4v) is 5.78. The van der Waals surface area contributed by atoms with Crippen LogP contribution in [0.5, 0.6) is 5.75 Å². The Kier molecular flexibility index (Phi) is 8.68. The molecule has 5 rings (SSSR count). The van der Waals surface area contributed by atoms with Gasteiger partial charge in [0.15, 0.2) is 12.3 Å². The number of anilines is 1. The molecule has 0 saturated heterocycles. The van der Waals surface area contributed by atoms with Crippen LogP contribution in [0.2, 0.25) is 5.02 Å². The third kappa shape index (κ3) is 7.28. The van der Waals surface area contributed by atoms with Gasteiger partial charge >= 0.3 is 5.89 Å². The van der Waals surface area contributed by atoms with Crippen molar-refractivity contribution < 1.29 is 39.7 Å². The van der Waals surface area contributed by atoms with Gasteiger partial charge in [-0.25, -0.2) is 16.8 Å². The smallest absolute Gasteiger partial charge is 0.374 e. The highest BCUT2D eigenvalue weighted by Gasteiger charge is 2.28. The maximum absolute atomic E-state index is 11.8. The van der Waals surface area contributed by atoms with Crippen LogP contribution in [0.4, 0.5) is 5.69 Å². The average molecular weight is 644 g/mol. The summed E-state index contributed by atoms with van der Waals surface area (Å²) >= 11 is 6.20. The predicted octanol–water partition coefficient (Wildman–Crippen LogP) is 5.05. The van der Waals surface area contributed by atoms with Crippen molar-refractivity contribution in [3.8, 4) is 16.9 Å². The lowest BCUT2D eigenvalue weighted by molar-refractivity contribution is -0.677. The van der Waals surface area contributed by atoms with E-state index in [-0.39, 0.29) is 19.5 Å². The highest BCUT2D eigenvalue weighted by atomic mass is 35.5. The minimum Gasteiger partial charge on any atom is -0.748 e. The van der Waals surface area contributed by atoms with Gasteiger partial charge in [0.2, 0.25) is 11.5 Å². The van der Waals surface area contributed by atoms with Crippen molar-refractivity contribution >= 4 is 54.7 Å². The third-order valence-electron chi connectivity index (χ3n) is 6.94. The fraction of sp³-hybridized carbons (Fsp3) is 0.233. The first-order valence-corrected chi connectivity index (χ1v) is 16.8. The van der Waals surface area contributed by atoms with Gasteiger partial charge in [-0.1, -0.05) is 48.0 Å². The van der Waals surface area contributed by atoms with Crippen LogP contribution < -0.4 is 14.2 Å². The third-order valence-corrected chi connectivity index (χ3v) is 9.10. The maximum Gasteiger partial charge on any atom is 0.374 e. The lowest BCUT2D eigenvalue weighted by atomic mass is 10.1. The number of allylic oxidation sites excluding steroid dienone is 2. The highest BCUT2D eigenvalue weighted by Crippen LogP contribution is 2.41. The zero-order valence-corrected chi connectivity index (χ0v) is 25.7. The SMILES string of the molecule is CC(=C/c1oc2ccc(-c3ccccc3)cc2[n+]1CC(C)S(=O)(=O)[O-])/C=C1/Oc2ccc(Cl)cc2N1CCCS(=O)(=O)[O-]. The summed E-state index contributed by atoms with van der Waals surface area (Å²) in [5.74, 6) is 0.660. The monoisotopic (exact) mass is 643 g/mol. The first-order valence-electron chi connectivity index (χ1n) is 13.3. The number of hydrogen-bond acceptors (Lipinski definition) is 9. The van der Waals surface area contributed by atoms with Crippen LogP contribution in [0.25, 0.3) is 28.3 Å². The van der Waals surface area contributed by atoms with E-state index in [1.165, 1.54) is 6.92 Å². The number of benzene rings is 3. The molecule has 1 aliphatic heterocycles. The number of rotatable bonds is 10. The van der Waals surface area contributed by atoms with E-state index in [1.54, 1.807) is 52.8 Å². The second-order valence-electron chi connectivity index (χ2n) is 10.3. The molecule has 0 radical (unpaired) electrons. The largest absolute Gasteiger partial charge is 0.748 e. The van der Waals surface area contributed by atoms with E-state index in [4.69, 9.17) is 20.8 Å². The van der Waals surface area contributed by atoms with Crippen molar-refractivity contribution in [3.05, 3.63) is 95.2 Å². The van der Waals surface area contributed by atoms with Crippen LogP contribution in [0.15, 0.2) is 88.7 Å². The van der Waals surface area contributed by atoms with Gasteiger partial charge in [0.05, 0.1) is 21.9 Å². The molecule has 1 aromatic heterocycles. The van der Waals surface area contributed by atoms with Crippen LogP contribution in [-0.2, 0) is 26.8 Å². The Labute approximate surface area is 255 Å². The molecular weight excluding hydrogens is 616 g/mol. The summed E-state index contributed by atoms with van der Waals surface area (Å²) in [6, 6.07) is 20.3. The lowest BCUT2D eigenvalue weighted by Crippen LogP contribution is -2.43. The van der Waals surface area contributed by atoms with Crippen LogP contribution in [-0.4, -0.2) is 43.5 Å². The molecule has 226 valence electrons.